The molecule has 1 atom stereocenters. The summed E-state index contributed by atoms with van der Waals surface area (Å²) in [7, 11) is -3.76. The van der Waals surface area contributed by atoms with Gasteiger partial charge in [-0.15, -0.1) is 0 Å². The first-order valence-electron chi connectivity index (χ1n) is 11.5. The second-order valence-electron chi connectivity index (χ2n) is 9.02. The van der Waals surface area contributed by atoms with Gasteiger partial charge in [0.25, 0.3) is 0 Å². The molecule has 1 aliphatic rings. The number of aryl methyl sites for hydroxylation is 1. The molecule has 7 nitrogen and oxygen atoms in total. The van der Waals surface area contributed by atoms with Crippen molar-refractivity contribution in [3.63, 3.8) is 0 Å². The Hall–Kier alpha value is -1.91. The van der Waals surface area contributed by atoms with Gasteiger partial charge >= 0.3 is 0 Å². The number of carbonyl (C=O) groups excluding carboxylic acids is 2. The van der Waals surface area contributed by atoms with Crippen molar-refractivity contribution in [3.8, 4) is 0 Å². The number of hydrogen-bond donors (Lipinski definition) is 1. The Kier molecular flexibility index (Phi) is 9.40. The minimum absolute atomic E-state index is 0.118. The fourth-order valence-electron chi connectivity index (χ4n) is 4.16. The van der Waals surface area contributed by atoms with Crippen LogP contribution in [0.3, 0.4) is 0 Å². The van der Waals surface area contributed by atoms with Gasteiger partial charge in [-0.05, 0) is 68.1 Å². The van der Waals surface area contributed by atoms with E-state index in [9.17, 15) is 18.0 Å². The SMILES string of the molecule is Cc1cc(N(CC(=O)N(Cc2ccc(Br)cc2)C(C)C(=O)NC2CCCC2)S(C)(=O)=O)ccc1Br. The molecule has 10 heteroatoms. The number of halogens is 2. The molecule has 0 radical (unpaired) electrons. The van der Waals surface area contributed by atoms with Crippen molar-refractivity contribution in [2.24, 2.45) is 0 Å². The first-order valence-corrected chi connectivity index (χ1v) is 15.0. The summed E-state index contributed by atoms with van der Waals surface area (Å²) in [5.41, 5.74) is 2.08. The molecule has 190 valence electrons. The smallest absolute Gasteiger partial charge is 0.244 e. The molecule has 2 aromatic rings. The van der Waals surface area contributed by atoms with E-state index in [-0.39, 0.29) is 18.5 Å². The molecule has 2 amide bonds. The maximum Gasteiger partial charge on any atom is 0.244 e. The van der Waals surface area contributed by atoms with E-state index in [4.69, 9.17) is 0 Å². The van der Waals surface area contributed by atoms with E-state index < -0.39 is 28.5 Å². The average molecular weight is 629 g/mol. The Morgan fingerprint density at radius 2 is 1.71 bits per heavy atom. The zero-order chi connectivity index (χ0) is 25.8. The van der Waals surface area contributed by atoms with Crippen LogP contribution in [0.1, 0.15) is 43.7 Å². The van der Waals surface area contributed by atoms with Gasteiger partial charge < -0.3 is 10.2 Å². The standard InChI is InChI=1S/C25H31Br2N3O4S/c1-17-14-22(12-13-23(17)27)30(35(3,33)34)16-24(31)29(15-19-8-10-20(26)11-9-19)18(2)25(32)28-21-6-4-5-7-21/h8-14,18,21H,4-7,15-16H2,1-3H3,(H,28,32). The van der Waals surface area contributed by atoms with Crippen LogP contribution in [0, 0.1) is 6.92 Å². The Bertz CT molecular complexity index is 1170. The maximum absolute atomic E-state index is 13.6. The number of benzene rings is 2. The number of hydrogen-bond acceptors (Lipinski definition) is 4. The van der Waals surface area contributed by atoms with Crippen molar-refractivity contribution < 1.29 is 18.0 Å². The Labute approximate surface area is 224 Å². The zero-order valence-corrected chi connectivity index (χ0v) is 24.1. The van der Waals surface area contributed by atoms with Crippen molar-refractivity contribution in [1.82, 2.24) is 10.2 Å². The molecule has 2 aromatic carbocycles. The Morgan fingerprint density at radius 3 is 2.29 bits per heavy atom. The van der Waals surface area contributed by atoms with E-state index in [2.05, 4.69) is 37.2 Å². The van der Waals surface area contributed by atoms with Gasteiger partial charge in [0.1, 0.15) is 12.6 Å². The number of anilines is 1. The molecule has 35 heavy (non-hydrogen) atoms. The molecule has 1 aliphatic carbocycles. The highest BCUT2D eigenvalue weighted by atomic mass is 79.9. The van der Waals surface area contributed by atoms with E-state index in [1.807, 2.05) is 31.2 Å². The predicted octanol–water partition coefficient (Wildman–Crippen LogP) is 4.76. The first-order chi connectivity index (χ1) is 16.5. The average Bonchev–Trinajstić information content (AvgIpc) is 3.30. The van der Waals surface area contributed by atoms with Crippen molar-refractivity contribution in [3.05, 3.63) is 62.5 Å². The fourth-order valence-corrected chi connectivity index (χ4v) is 5.51. The second-order valence-corrected chi connectivity index (χ2v) is 12.7. The van der Waals surface area contributed by atoms with Crippen LogP contribution < -0.4 is 9.62 Å². The highest BCUT2D eigenvalue weighted by Gasteiger charge is 2.31. The third kappa shape index (κ3) is 7.54. The van der Waals surface area contributed by atoms with Crippen LogP contribution in [0.15, 0.2) is 51.4 Å². The lowest BCUT2D eigenvalue weighted by atomic mass is 10.1. The number of amides is 2. The lowest BCUT2D eigenvalue weighted by molar-refractivity contribution is -0.139. The third-order valence-electron chi connectivity index (χ3n) is 6.24. The molecule has 0 aliphatic heterocycles. The van der Waals surface area contributed by atoms with Gasteiger partial charge in [-0.3, -0.25) is 13.9 Å². The minimum Gasteiger partial charge on any atom is -0.352 e. The monoisotopic (exact) mass is 627 g/mol. The van der Waals surface area contributed by atoms with Gasteiger partial charge in [0.2, 0.25) is 21.8 Å². The molecular formula is C25H31Br2N3O4S. The predicted molar refractivity (Wildman–Crippen MR) is 146 cm³/mol. The number of rotatable bonds is 9. The van der Waals surface area contributed by atoms with Crippen molar-refractivity contribution in [2.75, 3.05) is 17.1 Å². The second kappa shape index (κ2) is 11.9. The van der Waals surface area contributed by atoms with Gasteiger partial charge in [0, 0.05) is 21.5 Å². The molecule has 0 saturated heterocycles. The van der Waals surface area contributed by atoms with E-state index in [1.165, 1.54) is 4.90 Å². The topological polar surface area (TPSA) is 86.8 Å². The molecule has 0 heterocycles. The summed E-state index contributed by atoms with van der Waals surface area (Å²) >= 11 is 6.84. The molecule has 0 bridgehead atoms. The summed E-state index contributed by atoms with van der Waals surface area (Å²) < 4.78 is 28.2. The lowest BCUT2D eigenvalue weighted by Gasteiger charge is -2.32. The Balaban J connectivity index is 1.88. The number of sulfonamides is 1. The zero-order valence-electron chi connectivity index (χ0n) is 20.1. The summed E-state index contributed by atoms with van der Waals surface area (Å²) in [5, 5.41) is 3.06. The Morgan fingerprint density at radius 1 is 1.09 bits per heavy atom. The maximum atomic E-state index is 13.6. The number of nitrogens with zero attached hydrogens (tertiary/aromatic N) is 2. The summed E-state index contributed by atoms with van der Waals surface area (Å²) in [6.45, 7) is 3.32. The van der Waals surface area contributed by atoms with E-state index in [0.29, 0.717) is 5.69 Å². The van der Waals surface area contributed by atoms with Gasteiger partial charge in [-0.25, -0.2) is 8.42 Å². The van der Waals surface area contributed by atoms with Crippen LogP contribution in [-0.4, -0.2) is 50.0 Å². The van der Waals surface area contributed by atoms with E-state index in [0.717, 1.165) is 56.3 Å². The normalized spacial score (nSPS) is 15.0. The van der Waals surface area contributed by atoms with Crippen LogP contribution in [0.2, 0.25) is 0 Å². The molecule has 1 saturated carbocycles. The van der Waals surface area contributed by atoms with Crippen LogP contribution in [0.4, 0.5) is 5.69 Å². The van der Waals surface area contributed by atoms with Crippen LogP contribution in [0.25, 0.3) is 0 Å². The highest BCUT2D eigenvalue weighted by Crippen LogP contribution is 2.25. The fraction of sp³-hybridized carbons (Fsp3) is 0.440. The summed E-state index contributed by atoms with van der Waals surface area (Å²) in [6, 6.07) is 12.0. The summed E-state index contributed by atoms with van der Waals surface area (Å²) in [5.74, 6) is -0.680. The van der Waals surface area contributed by atoms with Gasteiger partial charge in [0.15, 0.2) is 0 Å². The van der Waals surface area contributed by atoms with Gasteiger partial charge in [-0.2, -0.15) is 0 Å². The first kappa shape index (κ1) is 27.7. The lowest BCUT2D eigenvalue weighted by Crippen LogP contribution is -2.52. The molecule has 3 rings (SSSR count). The van der Waals surface area contributed by atoms with Crippen LogP contribution in [0.5, 0.6) is 0 Å². The summed E-state index contributed by atoms with van der Waals surface area (Å²) in [6.07, 6.45) is 5.11. The van der Waals surface area contributed by atoms with Gasteiger partial charge in [0.05, 0.1) is 11.9 Å². The van der Waals surface area contributed by atoms with Crippen molar-refractivity contribution in [1.29, 1.82) is 0 Å². The molecule has 0 aromatic heterocycles. The minimum atomic E-state index is -3.76. The van der Waals surface area contributed by atoms with Gasteiger partial charge in [-0.1, -0.05) is 56.8 Å². The molecule has 1 N–H and O–H groups in total. The van der Waals surface area contributed by atoms with E-state index >= 15 is 0 Å². The largest absolute Gasteiger partial charge is 0.352 e. The molecule has 0 spiro atoms. The van der Waals surface area contributed by atoms with Crippen LogP contribution >= 0.6 is 31.9 Å². The molecule has 1 unspecified atom stereocenters. The number of carbonyl (C=O) groups is 2. The summed E-state index contributed by atoms with van der Waals surface area (Å²) in [4.78, 5) is 28.1. The van der Waals surface area contributed by atoms with Crippen molar-refractivity contribution >= 4 is 59.4 Å². The quantitative estimate of drug-likeness (QED) is 0.434. The van der Waals surface area contributed by atoms with E-state index in [1.54, 1.807) is 25.1 Å². The molecular weight excluding hydrogens is 598 g/mol. The highest BCUT2D eigenvalue weighted by molar-refractivity contribution is 9.10. The molecule has 1 fully saturated rings. The van der Waals surface area contributed by atoms with Crippen molar-refractivity contribution in [2.45, 2.75) is 58.2 Å². The van der Waals surface area contributed by atoms with Crippen LogP contribution in [-0.2, 0) is 26.2 Å². The number of nitrogens with one attached hydrogen (secondary N) is 1. The third-order valence-corrected chi connectivity index (χ3v) is 8.80.